The molecule has 1 aliphatic rings. The lowest BCUT2D eigenvalue weighted by molar-refractivity contribution is -0.122. The molecule has 140 valence electrons. The standard InChI is InChI=1S/C21H22FN3O2/c1-15(27-20-8-4-3-7-16(20)14-23)21(26)24-18-13-17(22)9-10-19(18)25-11-5-2-6-12-25/h3-4,7-10,13,15H,2,5-6,11-12H2,1H3,(H,24,26). The summed E-state index contributed by atoms with van der Waals surface area (Å²) >= 11 is 0. The van der Waals surface area contributed by atoms with Crippen molar-refractivity contribution in [2.75, 3.05) is 23.3 Å². The minimum Gasteiger partial charge on any atom is -0.480 e. The summed E-state index contributed by atoms with van der Waals surface area (Å²) in [5.74, 6) is -0.459. The minimum atomic E-state index is -0.836. The van der Waals surface area contributed by atoms with E-state index < -0.39 is 17.8 Å². The van der Waals surface area contributed by atoms with E-state index in [0.717, 1.165) is 31.6 Å². The molecule has 1 saturated heterocycles. The van der Waals surface area contributed by atoms with E-state index in [2.05, 4.69) is 10.2 Å². The number of para-hydroxylation sites is 1. The third kappa shape index (κ3) is 4.56. The Hall–Kier alpha value is -3.07. The maximum atomic E-state index is 13.8. The van der Waals surface area contributed by atoms with Crippen LogP contribution in [0.5, 0.6) is 5.75 Å². The highest BCUT2D eigenvalue weighted by atomic mass is 19.1. The summed E-state index contributed by atoms with van der Waals surface area (Å²) in [4.78, 5) is 14.8. The molecule has 27 heavy (non-hydrogen) atoms. The van der Waals surface area contributed by atoms with Crippen LogP contribution < -0.4 is 15.0 Å². The van der Waals surface area contributed by atoms with Gasteiger partial charge in [0.1, 0.15) is 17.6 Å². The number of benzene rings is 2. The number of piperidine rings is 1. The Balaban J connectivity index is 1.75. The Morgan fingerprint density at radius 3 is 2.70 bits per heavy atom. The number of hydrogen-bond donors (Lipinski definition) is 1. The van der Waals surface area contributed by atoms with Crippen molar-refractivity contribution in [1.82, 2.24) is 0 Å². The lowest BCUT2D eigenvalue weighted by atomic mass is 10.1. The van der Waals surface area contributed by atoms with Crippen molar-refractivity contribution in [2.45, 2.75) is 32.3 Å². The molecule has 3 rings (SSSR count). The lowest BCUT2D eigenvalue weighted by Crippen LogP contribution is -2.33. The summed E-state index contributed by atoms with van der Waals surface area (Å²) in [7, 11) is 0. The van der Waals surface area contributed by atoms with Gasteiger partial charge in [0, 0.05) is 13.1 Å². The summed E-state index contributed by atoms with van der Waals surface area (Å²) in [6, 6.07) is 13.2. The second kappa shape index (κ2) is 8.54. The fourth-order valence-electron chi connectivity index (χ4n) is 3.16. The first-order valence-corrected chi connectivity index (χ1v) is 9.09. The Kier molecular flexibility index (Phi) is 5.92. The number of rotatable bonds is 5. The van der Waals surface area contributed by atoms with Crippen molar-refractivity contribution in [3.05, 3.63) is 53.8 Å². The molecule has 1 heterocycles. The molecule has 2 aromatic carbocycles. The Labute approximate surface area is 158 Å². The number of nitriles is 1. The van der Waals surface area contributed by atoms with Crippen LogP contribution in [-0.4, -0.2) is 25.1 Å². The third-order valence-corrected chi connectivity index (χ3v) is 4.59. The van der Waals surface area contributed by atoms with Crippen molar-refractivity contribution in [2.24, 2.45) is 0 Å². The van der Waals surface area contributed by atoms with Gasteiger partial charge in [0.05, 0.1) is 16.9 Å². The largest absolute Gasteiger partial charge is 0.480 e. The molecule has 1 fully saturated rings. The number of carbonyl (C=O) groups excluding carboxylic acids is 1. The van der Waals surface area contributed by atoms with Gasteiger partial charge in [0.15, 0.2) is 6.10 Å². The van der Waals surface area contributed by atoms with E-state index in [1.807, 2.05) is 6.07 Å². The normalized spacial score (nSPS) is 14.9. The highest BCUT2D eigenvalue weighted by Crippen LogP contribution is 2.29. The number of amides is 1. The zero-order chi connectivity index (χ0) is 19.2. The molecule has 1 aliphatic heterocycles. The van der Waals surface area contributed by atoms with Crippen LogP contribution >= 0.6 is 0 Å². The van der Waals surface area contributed by atoms with Gasteiger partial charge in [-0.25, -0.2) is 4.39 Å². The van der Waals surface area contributed by atoms with E-state index >= 15 is 0 Å². The predicted octanol–water partition coefficient (Wildman–Crippen LogP) is 4.09. The Morgan fingerprint density at radius 2 is 1.96 bits per heavy atom. The van der Waals surface area contributed by atoms with Gasteiger partial charge in [-0.2, -0.15) is 5.26 Å². The summed E-state index contributed by atoms with van der Waals surface area (Å²) in [5.41, 5.74) is 1.61. The summed E-state index contributed by atoms with van der Waals surface area (Å²) in [6.45, 7) is 3.37. The quantitative estimate of drug-likeness (QED) is 0.864. The SMILES string of the molecule is CC(Oc1ccccc1C#N)C(=O)Nc1cc(F)ccc1N1CCCCC1. The fraction of sp³-hybridized carbons (Fsp3) is 0.333. The first kappa shape index (κ1) is 18.7. The maximum absolute atomic E-state index is 13.8. The first-order chi connectivity index (χ1) is 13.1. The second-order valence-electron chi connectivity index (χ2n) is 6.57. The topological polar surface area (TPSA) is 65.4 Å². The number of nitrogens with zero attached hydrogens (tertiary/aromatic N) is 2. The number of ether oxygens (including phenoxy) is 1. The predicted molar refractivity (Wildman–Crippen MR) is 102 cm³/mol. The molecule has 0 aromatic heterocycles. The summed E-state index contributed by atoms with van der Waals surface area (Å²) < 4.78 is 19.4. The average Bonchev–Trinajstić information content (AvgIpc) is 2.69. The van der Waals surface area contributed by atoms with Gasteiger partial charge in [0.25, 0.3) is 5.91 Å². The molecule has 1 unspecified atom stereocenters. The van der Waals surface area contributed by atoms with Crippen LogP contribution in [0.2, 0.25) is 0 Å². The van der Waals surface area contributed by atoms with Crippen LogP contribution in [0.4, 0.5) is 15.8 Å². The van der Waals surface area contributed by atoms with Gasteiger partial charge in [-0.3, -0.25) is 4.79 Å². The molecular weight excluding hydrogens is 345 g/mol. The van der Waals surface area contributed by atoms with E-state index in [4.69, 9.17) is 10.00 Å². The van der Waals surface area contributed by atoms with Crippen LogP contribution in [0.25, 0.3) is 0 Å². The van der Waals surface area contributed by atoms with E-state index in [1.165, 1.54) is 18.6 Å². The van der Waals surface area contributed by atoms with Gasteiger partial charge >= 0.3 is 0 Å². The van der Waals surface area contributed by atoms with Crippen molar-refractivity contribution in [1.29, 1.82) is 5.26 Å². The highest BCUT2D eigenvalue weighted by molar-refractivity contribution is 5.97. The first-order valence-electron chi connectivity index (χ1n) is 9.09. The molecule has 1 N–H and O–H groups in total. The molecular formula is C21H22FN3O2. The van der Waals surface area contributed by atoms with E-state index in [0.29, 0.717) is 17.0 Å². The number of hydrogen-bond acceptors (Lipinski definition) is 4. The molecule has 2 aromatic rings. The molecule has 0 bridgehead atoms. The zero-order valence-corrected chi connectivity index (χ0v) is 15.2. The molecule has 0 saturated carbocycles. The van der Waals surface area contributed by atoms with E-state index in [1.54, 1.807) is 37.3 Å². The summed E-state index contributed by atoms with van der Waals surface area (Å²) in [5, 5.41) is 11.9. The van der Waals surface area contributed by atoms with Gasteiger partial charge < -0.3 is 15.0 Å². The number of anilines is 2. The zero-order valence-electron chi connectivity index (χ0n) is 15.2. The molecule has 0 radical (unpaired) electrons. The summed E-state index contributed by atoms with van der Waals surface area (Å²) in [6.07, 6.45) is 2.50. The highest BCUT2D eigenvalue weighted by Gasteiger charge is 2.20. The Bertz CT molecular complexity index is 857. The molecule has 0 aliphatic carbocycles. The van der Waals surface area contributed by atoms with Gasteiger partial charge in [0.2, 0.25) is 0 Å². The molecule has 5 nitrogen and oxygen atoms in total. The van der Waals surface area contributed by atoms with Crippen molar-refractivity contribution < 1.29 is 13.9 Å². The van der Waals surface area contributed by atoms with Crippen LogP contribution in [0.15, 0.2) is 42.5 Å². The van der Waals surface area contributed by atoms with Gasteiger partial charge in [-0.15, -0.1) is 0 Å². The number of carbonyl (C=O) groups is 1. The van der Waals surface area contributed by atoms with Crippen LogP contribution in [0.3, 0.4) is 0 Å². The number of halogens is 1. The second-order valence-corrected chi connectivity index (χ2v) is 6.57. The lowest BCUT2D eigenvalue weighted by Gasteiger charge is -2.30. The van der Waals surface area contributed by atoms with Crippen LogP contribution in [0, 0.1) is 17.1 Å². The minimum absolute atomic E-state index is 0.346. The molecule has 6 heteroatoms. The van der Waals surface area contributed by atoms with Gasteiger partial charge in [-0.1, -0.05) is 12.1 Å². The van der Waals surface area contributed by atoms with Crippen molar-refractivity contribution >= 4 is 17.3 Å². The van der Waals surface area contributed by atoms with Gasteiger partial charge in [-0.05, 0) is 56.5 Å². The van der Waals surface area contributed by atoms with Crippen molar-refractivity contribution in [3.63, 3.8) is 0 Å². The third-order valence-electron chi connectivity index (χ3n) is 4.59. The average molecular weight is 367 g/mol. The number of nitrogens with one attached hydrogen (secondary N) is 1. The monoisotopic (exact) mass is 367 g/mol. The van der Waals surface area contributed by atoms with Crippen LogP contribution in [0.1, 0.15) is 31.7 Å². The van der Waals surface area contributed by atoms with E-state index in [-0.39, 0.29) is 0 Å². The smallest absolute Gasteiger partial charge is 0.265 e. The maximum Gasteiger partial charge on any atom is 0.265 e. The molecule has 1 atom stereocenters. The van der Waals surface area contributed by atoms with E-state index in [9.17, 15) is 9.18 Å². The Morgan fingerprint density at radius 1 is 1.22 bits per heavy atom. The fourth-order valence-corrected chi connectivity index (χ4v) is 3.16. The molecule has 1 amide bonds. The van der Waals surface area contributed by atoms with Crippen molar-refractivity contribution in [3.8, 4) is 11.8 Å². The molecule has 0 spiro atoms. The van der Waals surface area contributed by atoms with Crippen LogP contribution in [-0.2, 0) is 4.79 Å².